The summed E-state index contributed by atoms with van der Waals surface area (Å²) in [6.07, 6.45) is 5.38. The minimum Gasteiger partial charge on any atom is -0.454 e. The Labute approximate surface area is 209 Å². The van der Waals surface area contributed by atoms with Gasteiger partial charge in [-0.05, 0) is 43.7 Å². The van der Waals surface area contributed by atoms with E-state index in [2.05, 4.69) is 25.1 Å². The Balaban J connectivity index is 1.40. The van der Waals surface area contributed by atoms with Gasteiger partial charge in [-0.1, -0.05) is 0 Å². The van der Waals surface area contributed by atoms with E-state index in [4.69, 9.17) is 14.5 Å². The lowest BCUT2D eigenvalue weighted by Crippen LogP contribution is -2.45. The normalized spacial score (nSPS) is 19.9. The first-order valence-corrected chi connectivity index (χ1v) is 12.2. The summed E-state index contributed by atoms with van der Waals surface area (Å²) in [5.74, 6) is 2.89. The van der Waals surface area contributed by atoms with Crippen LogP contribution in [0.4, 0.5) is 17.5 Å². The quantitative estimate of drug-likeness (QED) is 0.513. The van der Waals surface area contributed by atoms with Crippen molar-refractivity contribution in [3.05, 3.63) is 48.3 Å². The Morgan fingerprint density at radius 2 is 1.92 bits per heavy atom. The summed E-state index contributed by atoms with van der Waals surface area (Å²) in [6, 6.07) is 9.62. The lowest BCUT2D eigenvalue weighted by molar-refractivity contribution is -0.134. The number of rotatable bonds is 0. The summed E-state index contributed by atoms with van der Waals surface area (Å²) >= 11 is 0. The second-order valence-corrected chi connectivity index (χ2v) is 9.47. The molecule has 10 nitrogen and oxygen atoms in total. The maximum absolute atomic E-state index is 13.4. The van der Waals surface area contributed by atoms with E-state index in [1.807, 2.05) is 55.5 Å². The van der Waals surface area contributed by atoms with E-state index < -0.39 is 0 Å². The molecule has 1 saturated heterocycles. The Kier molecular flexibility index (Phi) is 5.80. The molecule has 6 heterocycles. The highest BCUT2D eigenvalue weighted by Crippen LogP contribution is 2.40. The van der Waals surface area contributed by atoms with Gasteiger partial charge in [-0.2, -0.15) is 0 Å². The van der Waals surface area contributed by atoms with Gasteiger partial charge in [0, 0.05) is 69.0 Å². The van der Waals surface area contributed by atoms with Gasteiger partial charge in [-0.15, -0.1) is 0 Å². The monoisotopic (exact) mass is 487 g/mol. The third-order valence-electron chi connectivity index (χ3n) is 7.07. The molecule has 2 aromatic heterocycles. The molecular weight excluding hydrogens is 458 g/mol. The highest BCUT2D eigenvalue weighted by molar-refractivity contribution is 5.82. The number of hydrogen-bond donors (Lipinski definition) is 1. The van der Waals surface area contributed by atoms with Crippen molar-refractivity contribution in [2.45, 2.75) is 25.4 Å². The van der Waals surface area contributed by atoms with Crippen LogP contribution in [-0.4, -0.2) is 77.2 Å². The zero-order valence-corrected chi connectivity index (χ0v) is 20.5. The smallest absolute Gasteiger partial charge is 0.239 e. The number of benzene rings is 1. The topological polar surface area (TPSA) is 96.0 Å². The molecule has 10 heteroatoms. The van der Waals surface area contributed by atoms with Gasteiger partial charge < -0.3 is 24.6 Å². The summed E-state index contributed by atoms with van der Waals surface area (Å²) in [6.45, 7) is 2.94. The SMILES string of the molecule is CN1CCN(C)c2ccc(cn2)-c2ccnc(n2)Nc2cc(c3c(c2)OCO3)CN2CCC[C@H]2C1=O. The van der Waals surface area contributed by atoms with Gasteiger partial charge in [0.1, 0.15) is 5.82 Å². The molecule has 1 atom stereocenters. The molecular formula is C26H29N7O3. The van der Waals surface area contributed by atoms with Crippen LogP contribution >= 0.6 is 0 Å². The maximum Gasteiger partial charge on any atom is 0.239 e. The third kappa shape index (κ3) is 4.28. The number of hydrogen-bond acceptors (Lipinski definition) is 9. The minimum absolute atomic E-state index is 0.148. The van der Waals surface area contributed by atoms with Gasteiger partial charge in [0.25, 0.3) is 0 Å². The molecule has 1 amide bonds. The molecule has 1 N–H and O–H groups in total. The van der Waals surface area contributed by atoms with Crippen LogP contribution in [0, 0.1) is 0 Å². The summed E-state index contributed by atoms with van der Waals surface area (Å²) in [5.41, 5.74) is 3.45. The molecule has 0 radical (unpaired) electrons. The van der Waals surface area contributed by atoms with E-state index >= 15 is 0 Å². The van der Waals surface area contributed by atoms with Crippen LogP contribution < -0.4 is 19.7 Å². The number of likely N-dealkylation sites (N-methyl/N-ethyl adjacent to an activating group) is 2. The van der Waals surface area contributed by atoms with Crippen molar-refractivity contribution in [2.24, 2.45) is 0 Å². The number of pyridine rings is 1. The fourth-order valence-corrected chi connectivity index (χ4v) is 5.04. The van der Waals surface area contributed by atoms with Gasteiger partial charge in [0.15, 0.2) is 11.5 Å². The molecule has 3 aromatic rings. The van der Waals surface area contributed by atoms with Crippen molar-refractivity contribution < 1.29 is 14.3 Å². The zero-order chi connectivity index (χ0) is 24.6. The zero-order valence-electron chi connectivity index (χ0n) is 20.5. The predicted octanol–water partition coefficient (Wildman–Crippen LogP) is 2.88. The molecule has 6 bridgehead atoms. The molecule has 1 fully saturated rings. The van der Waals surface area contributed by atoms with Gasteiger partial charge in [-0.25, -0.2) is 15.0 Å². The average Bonchev–Trinajstić information content (AvgIpc) is 3.56. The molecule has 7 rings (SSSR count). The molecule has 4 aliphatic heterocycles. The molecule has 0 spiro atoms. The molecule has 36 heavy (non-hydrogen) atoms. The summed E-state index contributed by atoms with van der Waals surface area (Å²) in [4.78, 5) is 33.3. The first-order valence-electron chi connectivity index (χ1n) is 12.2. The van der Waals surface area contributed by atoms with E-state index in [9.17, 15) is 4.79 Å². The van der Waals surface area contributed by atoms with Crippen molar-refractivity contribution in [3.8, 4) is 22.8 Å². The Bertz CT molecular complexity index is 1280. The van der Waals surface area contributed by atoms with Crippen LogP contribution in [0.2, 0.25) is 0 Å². The van der Waals surface area contributed by atoms with Crippen molar-refractivity contribution in [3.63, 3.8) is 0 Å². The maximum atomic E-state index is 13.4. The van der Waals surface area contributed by atoms with Crippen LogP contribution in [0.3, 0.4) is 0 Å². The summed E-state index contributed by atoms with van der Waals surface area (Å²) in [7, 11) is 3.88. The van der Waals surface area contributed by atoms with Crippen molar-refractivity contribution >= 4 is 23.4 Å². The Hall–Kier alpha value is -3.92. The summed E-state index contributed by atoms with van der Waals surface area (Å²) < 4.78 is 11.5. The van der Waals surface area contributed by atoms with Crippen LogP contribution in [0.25, 0.3) is 11.3 Å². The third-order valence-corrected chi connectivity index (χ3v) is 7.07. The number of nitrogens with zero attached hydrogens (tertiary/aromatic N) is 6. The van der Waals surface area contributed by atoms with Gasteiger partial charge in [0.05, 0.1) is 11.7 Å². The van der Waals surface area contributed by atoms with Crippen LogP contribution in [0.15, 0.2) is 42.7 Å². The van der Waals surface area contributed by atoms with Gasteiger partial charge in [0.2, 0.25) is 18.6 Å². The number of aromatic nitrogens is 3. The second kappa shape index (κ2) is 9.27. The Morgan fingerprint density at radius 3 is 2.78 bits per heavy atom. The number of anilines is 3. The largest absolute Gasteiger partial charge is 0.454 e. The van der Waals surface area contributed by atoms with E-state index in [-0.39, 0.29) is 18.7 Å². The van der Waals surface area contributed by atoms with Crippen LogP contribution in [-0.2, 0) is 11.3 Å². The standard InChI is InChI=1S/C26H29N7O3/c1-31-10-11-32(2)25(34)21-4-3-9-33(21)15-18-12-19(13-22-24(18)36-16-35-22)29-26-27-8-7-20(30-26)17-5-6-23(31)28-14-17/h5-8,12-14,21H,3-4,9-11,15-16H2,1-2H3,(H,27,29,30)/t21-/m0/s1. The summed E-state index contributed by atoms with van der Waals surface area (Å²) in [5, 5.41) is 3.32. The first-order chi connectivity index (χ1) is 17.5. The highest BCUT2D eigenvalue weighted by Gasteiger charge is 2.34. The fourth-order valence-electron chi connectivity index (χ4n) is 5.04. The van der Waals surface area contributed by atoms with E-state index in [0.29, 0.717) is 31.3 Å². The lowest BCUT2D eigenvalue weighted by Gasteiger charge is -2.29. The molecule has 4 aliphatic rings. The number of amides is 1. The molecule has 0 unspecified atom stereocenters. The lowest BCUT2D eigenvalue weighted by atomic mass is 10.1. The highest BCUT2D eigenvalue weighted by atomic mass is 16.7. The molecule has 0 aliphatic carbocycles. The average molecular weight is 488 g/mol. The number of nitrogens with one attached hydrogen (secondary N) is 1. The van der Waals surface area contributed by atoms with E-state index in [0.717, 1.165) is 53.5 Å². The van der Waals surface area contributed by atoms with Crippen molar-refractivity contribution in [2.75, 3.05) is 50.7 Å². The van der Waals surface area contributed by atoms with Crippen molar-refractivity contribution in [1.82, 2.24) is 24.8 Å². The van der Waals surface area contributed by atoms with Crippen LogP contribution in [0.1, 0.15) is 18.4 Å². The predicted molar refractivity (Wildman–Crippen MR) is 135 cm³/mol. The van der Waals surface area contributed by atoms with Gasteiger partial charge in [-0.3, -0.25) is 9.69 Å². The number of ether oxygens (including phenoxy) is 2. The number of carbonyl (C=O) groups excluding carboxylic acids is 1. The molecule has 186 valence electrons. The van der Waals surface area contributed by atoms with E-state index in [1.54, 1.807) is 6.20 Å². The van der Waals surface area contributed by atoms with Crippen molar-refractivity contribution in [1.29, 1.82) is 0 Å². The Morgan fingerprint density at radius 1 is 1.03 bits per heavy atom. The molecule has 1 aromatic carbocycles. The molecule has 0 saturated carbocycles. The van der Waals surface area contributed by atoms with E-state index in [1.165, 1.54) is 0 Å². The first kappa shape index (κ1) is 22.5. The number of fused-ring (bicyclic) bond motifs is 7. The minimum atomic E-state index is -0.158. The van der Waals surface area contributed by atoms with Crippen LogP contribution in [0.5, 0.6) is 11.5 Å². The fraction of sp³-hybridized carbons (Fsp3) is 0.385. The van der Waals surface area contributed by atoms with Gasteiger partial charge >= 0.3 is 0 Å². The number of carbonyl (C=O) groups is 1. The second-order valence-electron chi connectivity index (χ2n) is 9.47.